The Morgan fingerprint density at radius 1 is 0.947 bits per heavy atom. The zero-order chi connectivity index (χ0) is 27.1. The van der Waals surface area contributed by atoms with Gasteiger partial charge in [-0.3, -0.25) is 4.79 Å². The molecule has 3 aromatic carbocycles. The van der Waals surface area contributed by atoms with E-state index in [1.165, 1.54) is 18.2 Å². The topological polar surface area (TPSA) is 77.7 Å². The Morgan fingerprint density at radius 2 is 1.61 bits per heavy atom. The molecule has 0 bridgehead atoms. The normalized spacial score (nSPS) is 14.4. The highest BCUT2D eigenvalue weighted by molar-refractivity contribution is 9.10. The second kappa shape index (κ2) is 12.5. The first-order valence-electron chi connectivity index (χ1n) is 11.8. The minimum Gasteiger partial charge on any atom is -0.404 e. The average molecular weight is 608 g/mol. The molecule has 0 aromatic heterocycles. The van der Waals surface area contributed by atoms with Crippen molar-refractivity contribution in [3.05, 3.63) is 82.8 Å². The summed E-state index contributed by atoms with van der Waals surface area (Å²) in [5, 5.41) is 10.6. The highest BCUT2D eigenvalue weighted by Gasteiger charge is 2.32. The Labute approximate surface area is 231 Å². The van der Waals surface area contributed by atoms with Crippen LogP contribution in [0.4, 0.5) is 30.2 Å². The highest BCUT2D eigenvalue weighted by atomic mass is 79.9. The van der Waals surface area contributed by atoms with Crippen LogP contribution in [0.15, 0.2) is 77.3 Å². The number of carbonyl (C=O) groups is 1. The monoisotopic (exact) mass is 607 g/mol. The first-order valence-corrected chi connectivity index (χ1v) is 13.0. The number of rotatable bonds is 8. The van der Waals surface area contributed by atoms with E-state index in [4.69, 9.17) is 12.2 Å². The van der Waals surface area contributed by atoms with Gasteiger partial charge in [0.25, 0.3) is 5.91 Å². The molecule has 1 amide bonds. The molecule has 12 heteroatoms. The van der Waals surface area contributed by atoms with Gasteiger partial charge in [-0.2, -0.15) is 0 Å². The molecule has 7 nitrogen and oxygen atoms in total. The summed E-state index contributed by atoms with van der Waals surface area (Å²) >= 11 is 8.49. The summed E-state index contributed by atoms with van der Waals surface area (Å²) in [6, 6.07) is 19.4. The molecule has 1 unspecified atom stereocenters. The molecule has 0 aliphatic carbocycles. The van der Waals surface area contributed by atoms with E-state index in [2.05, 4.69) is 47.1 Å². The number of ether oxygens (including phenoxy) is 1. The number of nitrogens with zero attached hydrogens (tertiary/aromatic N) is 1. The van der Waals surface area contributed by atoms with E-state index in [1.54, 1.807) is 36.4 Å². The molecule has 0 spiro atoms. The van der Waals surface area contributed by atoms with E-state index in [-0.39, 0.29) is 10.8 Å². The number of amides is 1. The van der Waals surface area contributed by atoms with Crippen LogP contribution in [-0.4, -0.2) is 35.5 Å². The van der Waals surface area contributed by atoms with Crippen LogP contribution in [0.3, 0.4) is 0 Å². The fourth-order valence-electron chi connectivity index (χ4n) is 3.90. The van der Waals surface area contributed by atoms with Crippen LogP contribution < -0.4 is 26.1 Å². The van der Waals surface area contributed by atoms with Crippen molar-refractivity contribution < 1.29 is 22.7 Å². The second-order valence-electron chi connectivity index (χ2n) is 8.50. The molecule has 200 valence electrons. The van der Waals surface area contributed by atoms with Crippen LogP contribution in [-0.2, 0) is 4.79 Å². The van der Waals surface area contributed by atoms with E-state index >= 15 is 0 Å². The van der Waals surface area contributed by atoms with Crippen LogP contribution in [0.2, 0.25) is 0 Å². The van der Waals surface area contributed by atoms with Crippen LogP contribution in [0.25, 0.3) is 0 Å². The van der Waals surface area contributed by atoms with Crippen molar-refractivity contribution in [3.63, 3.8) is 0 Å². The van der Waals surface area contributed by atoms with Gasteiger partial charge in [-0.05, 0) is 73.1 Å². The molecule has 4 rings (SSSR count). The first-order chi connectivity index (χ1) is 18.2. The van der Waals surface area contributed by atoms with Crippen molar-refractivity contribution >= 4 is 56.2 Å². The molecule has 0 radical (unpaired) electrons. The molecule has 1 heterocycles. The average Bonchev–Trinajstić information content (AvgIpc) is 3.38. The molecule has 1 fully saturated rings. The second-order valence-corrected chi connectivity index (χ2v) is 9.83. The van der Waals surface area contributed by atoms with E-state index in [0.717, 1.165) is 31.6 Å². The number of nitrogens with one attached hydrogen (secondary N) is 4. The zero-order valence-corrected chi connectivity index (χ0v) is 22.4. The predicted molar refractivity (Wildman–Crippen MR) is 149 cm³/mol. The Hall–Kier alpha value is -3.35. The van der Waals surface area contributed by atoms with Crippen LogP contribution in [0, 0.1) is 0 Å². The van der Waals surface area contributed by atoms with Crippen LogP contribution in [0.1, 0.15) is 24.4 Å². The third kappa shape index (κ3) is 8.07. The van der Waals surface area contributed by atoms with Gasteiger partial charge in [-0.25, -0.2) is 5.01 Å². The molecule has 4 N–H and O–H groups in total. The van der Waals surface area contributed by atoms with Crippen molar-refractivity contribution in [2.75, 3.05) is 29.1 Å². The fraction of sp³-hybridized carbons (Fsp3) is 0.231. The largest absolute Gasteiger partial charge is 0.573 e. The molecule has 1 saturated heterocycles. The zero-order valence-electron chi connectivity index (χ0n) is 20.0. The molecule has 1 aliphatic rings. The Morgan fingerprint density at radius 3 is 2.26 bits per heavy atom. The third-order valence-corrected chi connectivity index (χ3v) is 6.35. The summed E-state index contributed by atoms with van der Waals surface area (Å²) < 4.78 is 43.2. The number of hydrogen-bond acceptors (Lipinski definition) is 5. The van der Waals surface area contributed by atoms with Gasteiger partial charge in [0.05, 0.1) is 5.69 Å². The Balaban J connectivity index is 1.46. The standard InChI is InChI=1S/C26H25BrF3N5O2S/c27-18-8-13-21(22(16-18)37-26(28,29)30)32-25(38)33-23(17-6-2-1-3-7-17)24(36)31-19-9-11-20(12-10-19)34-35-14-4-5-15-35/h1-3,6-13,16,23,34H,4-5,14-15H2,(H,31,36)(H2,32,33,38). The molecule has 38 heavy (non-hydrogen) atoms. The van der Waals surface area contributed by atoms with Gasteiger partial charge < -0.3 is 26.1 Å². The van der Waals surface area contributed by atoms with Gasteiger partial charge >= 0.3 is 6.36 Å². The maximum Gasteiger partial charge on any atom is 0.573 e. The third-order valence-electron chi connectivity index (χ3n) is 5.63. The van der Waals surface area contributed by atoms with Gasteiger partial charge in [0.15, 0.2) is 10.9 Å². The summed E-state index contributed by atoms with van der Waals surface area (Å²) in [5.74, 6) is -0.873. The minimum absolute atomic E-state index is 0.0173. The molecule has 1 aliphatic heterocycles. The Kier molecular flexibility index (Phi) is 9.08. The molecule has 1 atom stereocenters. The maximum absolute atomic E-state index is 13.3. The molecular formula is C26H25BrF3N5O2S. The van der Waals surface area contributed by atoms with Crippen molar-refractivity contribution in [2.24, 2.45) is 0 Å². The van der Waals surface area contributed by atoms with Gasteiger partial charge in [-0.1, -0.05) is 46.3 Å². The molecule has 3 aromatic rings. The minimum atomic E-state index is -4.89. The summed E-state index contributed by atoms with van der Waals surface area (Å²) in [6.07, 6.45) is -2.58. The van der Waals surface area contributed by atoms with Crippen molar-refractivity contribution in [3.8, 4) is 5.75 Å². The van der Waals surface area contributed by atoms with Gasteiger partial charge in [-0.15, -0.1) is 13.2 Å². The number of carbonyl (C=O) groups excluding carboxylic acids is 1. The highest BCUT2D eigenvalue weighted by Crippen LogP contribution is 2.33. The quantitative estimate of drug-likeness (QED) is 0.220. The summed E-state index contributed by atoms with van der Waals surface area (Å²) in [7, 11) is 0. The van der Waals surface area contributed by atoms with Gasteiger partial charge in [0, 0.05) is 28.9 Å². The van der Waals surface area contributed by atoms with Crippen LogP contribution >= 0.6 is 28.1 Å². The number of thiocarbonyl (C=S) groups is 1. The van der Waals surface area contributed by atoms with E-state index in [9.17, 15) is 18.0 Å². The van der Waals surface area contributed by atoms with Crippen LogP contribution in [0.5, 0.6) is 5.75 Å². The fourth-order valence-corrected chi connectivity index (χ4v) is 4.47. The molecular weight excluding hydrogens is 583 g/mol. The molecule has 0 saturated carbocycles. The number of alkyl halides is 3. The first kappa shape index (κ1) is 27.7. The van der Waals surface area contributed by atoms with Crippen molar-refractivity contribution in [2.45, 2.75) is 25.2 Å². The number of benzene rings is 3. The summed E-state index contributed by atoms with van der Waals surface area (Å²) in [4.78, 5) is 13.3. The van der Waals surface area contributed by atoms with E-state index < -0.39 is 24.1 Å². The summed E-state index contributed by atoms with van der Waals surface area (Å²) in [6.45, 7) is 1.97. The SMILES string of the molecule is O=C(Nc1ccc(NN2CCCC2)cc1)C(NC(=S)Nc1ccc(Br)cc1OC(F)(F)F)c1ccccc1. The van der Waals surface area contributed by atoms with Gasteiger partial charge in [0.1, 0.15) is 6.04 Å². The Bertz CT molecular complexity index is 1260. The predicted octanol–water partition coefficient (Wildman–Crippen LogP) is 6.44. The van der Waals surface area contributed by atoms with E-state index in [0.29, 0.717) is 15.7 Å². The maximum atomic E-state index is 13.3. The lowest BCUT2D eigenvalue weighted by atomic mass is 10.1. The smallest absolute Gasteiger partial charge is 0.404 e. The lowest BCUT2D eigenvalue weighted by Gasteiger charge is -2.22. The lowest BCUT2D eigenvalue weighted by molar-refractivity contribution is -0.274. The number of hydrogen-bond donors (Lipinski definition) is 4. The number of hydrazine groups is 1. The lowest BCUT2D eigenvalue weighted by Crippen LogP contribution is -2.39. The van der Waals surface area contributed by atoms with Gasteiger partial charge in [0.2, 0.25) is 0 Å². The summed E-state index contributed by atoms with van der Waals surface area (Å²) in [5.41, 5.74) is 5.44. The van der Waals surface area contributed by atoms with Crippen molar-refractivity contribution in [1.82, 2.24) is 10.3 Å². The van der Waals surface area contributed by atoms with Crippen molar-refractivity contribution in [1.29, 1.82) is 0 Å². The number of anilines is 3. The number of halogens is 4. The van der Waals surface area contributed by atoms with E-state index in [1.807, 2.05) is 18.2 Å².